The Balaban J connectivity index is 4.49. The quantitative estimate of drug-likeness (QED) is 0.547. The lowest BCUT2D eigenvalue weighted by atomic mass is 9.81. The van der Waals surface area contributed by atoms with Gasteiger partial charge in [0.25, 0.3) is 0 Å². The lowest BCUT2D eigenvalue weighted by Gasteiger charge is -2.30. The fourth-order valence-corrected chi connectivity index (χ4v) is 2.79. The molecule has 0 fully saturated rings. The van der Waals surface area contributed by atoms with E-state index in [1.54, 1.807) is 0 Å². The number of rotatable bonds is 11. The predicted octanol–water partition coefficient (Wildman–Crippen LogP) is 4.91. The summed E-state index contributed by atoms with van der Waals surface area (Å²) in [5.41, 5.74) is -0.806. The summed E-state index contributed by atoms with van der Waals surface area (Å²) in [6, 6.07) is 0. The maximum atomic E-state index is 11.6. The van der Waals surface area contributed by atoms with Gasteiger partial charge in [-0.05, 0) is 43.9 Å². The average Bonchev–Trinajstić information content (AvgIpc) is 2.42. The first kappa shape index (κ1) is 19.4. The number of carbonyl (C=O) groups excluding carboxylic acids is 1. The van der Waals surface area contributed by atoms with Crippen molar-refractivity contribution >= 4 is 5.78 Å². The van der Waals surface area contributed by atoms with E-state index in [4.69, 9.17) is 0 Å². The van der Waals surface area contributed by atoms with Gasteiger partial charge in [0.2, 0.25) is 0 Å². The molecule has 118 valence electrons. The summed E-state index contributed by atoms with van der Waals surface area (Å²) in [6.45, 7) is 10.4. The number of carbonyl (C=O) groups is 1. The molecular weight excluding hydrogens is 248 g/mol. The second kappa shape index (κ2) is 10.1. The van der Waals surface area contributed by atoms with Crippen molar-refractivity contribution in [1.82, 2.24) is 0 Å². The van der Waals surface area contributed by atoms with E-state index >= 15 is 0 Å². The van der Waals surface area contributed by atoms with E-state index in [2.05, 4.69) is 32.9 Å². The fourth-order valence-electron chi connectivity index (χ4n) is 2.79. The average molecular weight is 282 g/mol. The highest BCUT2D eigenvalue weighted by molar-refractivity contribution is 5.79. The molecule has 2 nitrogen and oxygen atoms in total. The van der Waals surface area contributed by atoms with Crippen molar-refractivity contribution in [3.63, 3.8) is 0 Å². The van der Waals surface area contributed by atoms with Crippen LogP contribution in [0.5, 0.6) is 0 Å². The highest BCUT2D eigenvalue weighted by Gasteiger charge is 2.29. The Morgan fingerprint density at radius 3 is 2.35 bits per heavy atom. The third kappa shape index (κ3) is 7.84. The maximum absolute atomic E-state index is 11.6. The number of aliphatic hydroxyl groups is 1. The Bertz CT molecular complexity index is 296. The topological polar surface area (TPSA) is 37.3 Å². The number of ketones is 1. The zero-order valence-electron chi connectivity index (χ0n) is 14.1. The summed E-state index contributed by atoms with van der Waals surface area (Å²) in [7, 11) is 0. The molecule has 0 spiro atoms. The Morgan fingerprint density at radius 2 is 1.90 bits per heavy atom. The lowest BCUT2D eigenvalue weighted by Crippen LogP contribution is -2.33. The van der Waals surface area contributed by atoms with Crippen LogP contribution in [0, 0.1) is 11.8 Å². The van der Waals surface area contributed by atoms with Crippen molar-refractivity contribution in [3.8, 4) is 0 Å². The molecule has 1 unspecified atom stereocenters. The molecule has 0 bridgehead atoms. The van der Waals surface area contributed by atoms with E-state index in [1.165, 1.54) is 0 Å². The highest BCUT2D eigenvalue weighted by Crippen LogP contribution is 2.29. The van der Waals surface area contributed by atoms with Crippen molar-refractivity contribution in [2.45, 2.75) is 85.2 Å². The third-order valence-corrected chi connectivity index (χ3v) is 4.18. The van der Waals surface area contributed by atoms with Crippen molar-refractivity contribution < 1.29 is 9.90 Å². The van der Waals surface area contributed by atoms with Gasteiger partial charge >= 0.3 is 0 Å². The molecule has 0 aliphatic heterocycles. The van der Waals surface area contributed by atoms with E-state index in [0.29, 0.717) is 31.1 Å². The van der Waals surface area contributed by atoms with Gasteiger partial charge in [-0.25, -0.2) is 0 Å². The largest absolute Gasteiger partial charge is 0.389 e. The van der Waals surface area contributed by atoms with Gasteiger partial charge in [0, 0.05) is 12.8 Å². The van der Waals surface area contributed by atoms with Crippen LogP contribution in [-0.2, 0) is 4.79 Å². The molecule has 0 aromatic rings. The van der Waals surface area contributed by atoms with Gasteiger partial charge in [0.15, 0.2) is 0 Å². The molecule has 0 aromatic carbocycles. The van der Waals surface area contributed by atoms with Crippen LogP contribution in [0.25, 0.3) is 0 Å². The van der Waals surface area contributed by atoms with Crippen LogP contribution in [0.4, 0.5) is 0 Å². The van der Waals surface area contributed by atoms with Crippen LogP contribution in [0.15, 0.2) is 12.2 Å². The molecule has 0 aliphatic rings. The van der Waals surface area contributed by atoms with E-state index in [0.717, 1.165) is 25.7 Å². The molecule has 20 heavy (non-hydrogen) atoms. The predicted molar refractivity (Wildman–Crippen MR) is 86.8 cm³/mol. The molecule has 0 aliphatic carbocycles. The first-order valence-corrected chi connectivity index (χ1v) is 8.31. The smallest absolute Gasteiger partial charge is 0.135 e. The molecule has 0 saturated carbocycles. The zero-order valence-corrected chi connectivity index (χ0v) is 14.1. The summed E-state index contributed by atoms with van der Waals surface area (Å²) < 4.78 is 0. The summed E-state index contributed by atoms with van der Waals surface area (Å²) in [5, 5.41) is 10.6. The van der Waals surface area contributed by atoms with Crippen molar-refractivity contribution in [1.29, 1.82) is 0 Å². The van der Waals surface area contributed by atoms with E-state index in [-0.39, 0.29) is 5.78 Å². The fraction of sp³-hybridized carbons (Fsp3) is 0.833. The van der Waals surface area contributed by atoms with Gasteiger partial charge in [0.1, 0.15) is 5.78 Å². The Labute approximate surface area is 125 Å². The molecule has 2 heteroatoms. The Morgan fingerprint density at radius 1 is 1.25 bits per heavy atom. The molecule has 0 saturated heterocycles. The Kier molecular flexibility index (Phi) is 9.83. The van der Waals surface area contributed by atoms with E-state index < -0.39 is 5.60 Å². The normalized spacial score (nSPS) is 17.9. The van der Waals surface area contributed by atoms with Crippen molar-refractivity contribution in [2.24, 2.45) is 11.8 Å². The lowest BCUT2D eigenvalue weighted by molar-refractivity contribution is -0.124. The first-order chi connectivity index (χ1) is 9.40. The summed E-state index contributed by atoms with van der Waals surface area (Å²) >= 11 is 0. The second-order valence-electron chi connectivity index (χ2n) is 6.20. The van der Waals surface area contributed by atoms with Gasteiger partial charge in [-0.2, -0.15) is 0 Å². The number of allylic oxidation sites excluding steroid dienone is 2. The van der Waals surface area contributed by atoms with Gasteiger partial charge in [-0.15, -0.1) is 0 Å². The molecule has 0 heterocycles. The zero-order chi connectivity index (χ0) is 15.6. The van der Waals surface area contributed by atoms with Crippen LogP contribution in [0.1, 0.15) is 79.6 Å². The van der Waals surface area contributed by atoms with Gasteiger partial charge in [-0.1, -0.05) is 46.8 Å². The summed E-state index contributed by atoms with van der Waals surface area (Å²) in [4.78, 5) is 11.6. The second-order valence-corrected chi connectivity index (χ2v) is 6.20. The summed E-state index contributed by atoms with van der Waals surface area (Å²) in [5.74, 6) is 1.20. The molecule has 3 atom stereocenters. The molecule has 0 rings (SSSR count). The first-order valence-electron chi connectivity index (χ1n) is 8.31. The van der Waals surface area contributed by atoms with E-state index in [1.807, 2.05) is 13.8 Å². The number of hydrogen-bond donors (Lipinski definition) is 1. The Hall–Kier alpha value is -0.630. The van der Waals surface area contributed by atoms with Crippen LogP contribution in [0.2, 0.25) is 0 Å². The number of Topliss-reactive ketones (excluding diaryl/α,β-unsaturated/α-hetero) is 1. The van der Waals surface area contributed by atoms with Crippen LogP contribution < -0.4 is 0 Å². The van der Waals surface area contributed by atoms with Gasteiger partial charge < -0.3 is 5.11 Å². The molecule has 0 aromatic heterocycles. The molecule has 0 amide bonds. The van der Waals surface area contributed by atoms with Gasteiger partial charge in [0.05, 0.1) is 5.60 Å². The SMILES string of the molecule is CC/C=C/[C@H](CC)C[C@H](C)CC(O)(CC)CC(=O)CC. The van der Waals surface area contributed by atoms with Gasteiger partial charge in [-0.3, -0.25) is 4.79 Å². The highest BCUT2D eigenvalue weighted by atomic mass is 16.3. The minimum atomic E-state index is -0.806. The molecule has 1 N–H and O–H groups in total. The third-order valence-electron chi connectivity index (χ3n) is 4.18. The summed E-state index contributed by atoms with van der Waals surface area (Å²) in [6.07, 6.45) is 10.1. The maximum Gasteiger partial charge on any atom is 0.135 e. The number of hydrogen-bond acceptors (Lipinski definition) is 2. The monoisotopic (exact) mass is 282 g/mol. The standard InChI is InChI=1S/C18H34O2/c1-6-10-11-16(7-2)12-15(5)13-18(20,9-4)14-17(19)8-3/h10-11,15-16,20H,6-9,12-14H2,1-5H3/b11-10+/t15-,16-,18?/m0/s1. The van der Waals surface area contributed by atoms with Crippen molar-refractivity contribution in [3.05, 3.63) is 12.2 Å². The minimum Gasteiger partial charge on any atom is -0.389 e. The van der Waals surface area contributed by atoms with Crippen molar-refractivity contribution in [2.75, 3.05) is 0 Å². The van der Waals surface area contributed by atoms with Crippen LogP contribution in [0.3, 0.4) is 0 Å². The van der Waals surface area contributed by atoms with Crippen LogP contribution >= 0.6 is 0 Å². The molecule has 0 radical (unpaired) electrons. The van der Waals surface area contributed by atoms with Crippen LogP contribution in [-0.4, -0.2) is 16.5 Å². The van der Waals surface area contributed by atoms with E-state index in [9.17, 15) is 9.90 Å². The minimum absolute atomic E-state index is 0.166. The molecular formula is C18H34O2.